The first kappa shape index (κ1) is 14.9. The standard InChI is InChI=1S/C12H26O3/c1-5-7-11(13)12(6-2)15-9-8-14-10(3)4/h10-13H,5-9H2,1-4H3. The first-order valence-electron chi connectivity index (χ1n) is 6.03. The molecule has 2 unspecified atom stereocenters. The first-order valence-corrected chi connectivity index (χ1v) is 6.03. The van der Waals surface area contributed by atoms with Crippen molar-refractivity contribution >= 4 is 0 Å². The van der Waals surface area contributed by atoms with Crippen molar-refractivity contribution in [3.63, 3.8) is 0 Å². The predicted octanol–water partition coefficient (Wildman–Crippen LogP) is 2.37. The van der Waals surface area contributed by atoms with Crippen LogP contribution in [0.3, 0.4) is 0 Å². The summed E-state index contributed by atoms with van der Waals surface area (Å²) in [6.07, 6.45) is 2.52. The van der Waals surface area contributed by atoms with Crippen LogP contribution in [-0.2, 0) is 9.47 Å². The topological polar surface area (TPSA) is 38.7 Å². The average Bonchev–Trinajstić information content (AvgIpc) is 2.17. The molecule has 15 heavy (non-hydrogen) atoms. The van der Waals surface area contributed by atoms with E-state index in [0.29, 0.717) is 13.2 Å². The molecule has 0 aromatic heterocycles. The molecule has 1 N–H and O–H groups in total. The van der Waals surface area contributed by atoms with E-state index >= 15 is 0 Å². The molecule has 0 amide bonds. The fraction of sp³-hybridized carbons (Fsp3) is 1.00. The van der Waals surface area contributed by atoms with E-state index in [1.165, 1.54) is 0 Å². The Hall–Kier alpha value is -0.120. The van der Waals surface area contributed by atoms with Crippen molar-refractivity contribution in [2.24, 2.45) is 0 Å². The van der Waals surface area contributed by atoms with Crippen LogP contribution in [0.4, 0.5) is 0 Å². The van der Waals surface area contributed by atoms with Gasteiger partial charge in [-0.25, -0.2) is 0 Å². The smallest absolute Gasteiger partial charge is 0.0832 e. The molecule has 0 aliphatic carbocycles. The Bertz CT molecular complexity index is 137. The molecule has 0 aliphatic rings. The molecule has 92 valence electrons. The van der Waals surface area contributed by atoms with Gasteiger partial charge in [-0.2, -0.15) is 0 Å². The van der Waals surface area contributed by atoms with Crippen molar-refractivity contribution in [3.05, 3.63) is 0 Å². The average molecular weight is 218 g/mol. The fourth-order valence-corrected chi connectivity index (χ4v) is 1.47. The summed E-state index contributed by atoms with van der Waals surface area (Å²) in [5.74, 6) is 0. The summed E-state index contributed by atoms with van der Waals surface area (Å²) in [7, 11) is 0. The van der Waals surface area contributed by atoms with Gasteiger partial charge in [-0.3, -0.25) is 0 Å². The normalized spacial score (nSPS) is 15.6. The van der Waals surface area contributed by atoms with Crippen LogP contribution in [-0.4, -0.2) is 36.6 Å². The molecule has 0 saturated carbocycles. The summed E-state index contributed by atoms with van der Waals surface area (Å²) in [6, 6.07) is 0. The molecule has 0 aromatic rings. The summed E-state index contributed by atoms with van der Waals surface area (Å²) in [6.45, 7) is 9.28. The summed E-state index contributed by atoms with van der Waals surface area (Å²) in [4.78, 5) is 0. The Labute approximate surface area is 93.8 Å². The third-order valence-electron chi connectivity index (χ3n) is 2.28. The second-order valence-electron chi connectivity index (χ2n) is 4.09. The third kappa shape index (κ3) is 7.77. The van der Waals surface area contributed by atoms with Crippen LogP contribution in [0.25, 0.3) is 0 Å². The monoisotopic (exact) mass is 218 g/mol. The highest BCUT2D eigenvalue weighted by atomic mass is 16.5. The van der Waals surface area contributed by atoms with Crippen LogP contribution in [0, 0.1) is 0 Å². The minimum atomic E-state index is -0.334. The Morgan fingerprint density at radius 3 is 2.13 bits per heavy atom. The largest absolute Gasteiger partial charge is 0.390 e. The van der Waals surface area contributed by atoms with E-state index in [9.17, 15) is 5.11 Å². The van der Waals surface area contributed by atoms with Gasteiger partial charge in [0.05, 0.1) is 31.5 Å². The quantitative estimate of drug-likeness (QED) is 0.604. The van der Waals surface area contributed by atoms with E-state index in [1.54, 1.807) is 0 Å². The van der Waals surface area contributed by atoms with E-state index in [0.717, 1.165) is 19.3 Å². The van der Waals surface area contributed by atoms with Crippen LogP contribution in [0.1, 0.15) is 47.0 Å². The molecule has 0 aromatic carbocycles. The second-order valence-corrected chi connectivity index (χ2v) is 4.09. The molecule has 3 nitrogen and oxygen atoms in total. The lowest BCUT2D eigenvalue weighted by Crippen LogP contribution is -2.29. The number of ether oxygens (including phenoxy) is 2. The summed E-state index contributed by atoms with van der Waals surface area (Å²) < 4.78 is 11.0. The maximum atomic E-state index is 9.75. The number of rotatable bonds is 9. The third-order valence-corrected chi connectivity index (χ3v) is 2.28. The van der Waals surface area contributed by atoms with Gasteiger partial charge >= 0.3 is 0 Å². The lowest BCUT2D eigenvalue weighted by molar-refractivity contribution is -0.0659. The van der Waals surface area contributed by atoms with E-state index in [-0.39, 0.29) is 18.3 Å². The van der Waals surface area contributed by atoms with Crippen molar-refractivity contribution in [2.45, 2.75) is 65.3 Å². The highest BCUT2D eigenvalue weighted by Crippen LogP contribution is 2.09. The lowest BCUT2D eigenvalue weighted by Gasteiger charge is -2.22. The first-order chi connectivity index (χ1) is 7.11. The van der Waals surface area contributed by atoms with Gasteiger partial charge in [-0.15, -0.1) is 0 Å². The Balaban J connectivity index is 3.60. The molecule has 0 heterocycles. The van der Waals surface area contributed by atoms with Crippen LogP contribution in [0.15, 0.2) is 0 Å². The highest BCUT2D eigenvalue weighted by Gasteiger charge is 2.16. The van der Waals surface area contributed by atoms with Gasteiger partial charge < -0.3 is 14.6 Å². The van der Waals surface area contributed by atoms with E-state index in [4.69, 9.17) is 9.47 Å². The molecule has 2 atom stereocenters. The molecule has 3 heteroatoms. The van der Waals surface area contributed by atoms with Crippen molar-refractivity contribution in [3.8, 4) is 0 Å². The number of aliphatic hydroxyl groups is 1. The Morgan fingerprint density at radius 1 is 1.07 bits per heavy atom. The van der Waals surface area contributed by atoms with Gasteiger partial charge in [-0.05, 0) is 26.7 Å². The molecule has 0 radical (unpaired) electrons. The van der Waals surface area contributed by atoms with Gasteiger partial charge in [0, 0.05) is 0 Å². The molecule has 0 saturated heterocycles. The Kier molecular flexibility index (Phi) is 9.06. The van der Waals surface area contributed by atoms with Crippen LogP contribution in [0.5, 0.6) is 0 Å². The van der Waals surface area contributed by atoms with E-state index in [2.05, 4.69) is 6.92 Å². The van der Waals surface area contributed by atoms with Gasteiger partial charge in [0.15, 0.2) is 0 Å². The van der Waals surface area contributed by atoms with Gasteiger partial charge in [0.2, 0.25) is 0 Å². The maximum Gasteiger partial charge on any atom is 0.0832 e. The zero-order valence-electron chi connectivity index (χ0n) is 10.5. The van der Waals surface area contributed by atoms with E-state index in [1.807, 2.05) is 20.8 Å². The van der Waals surface area contributed by atoms with Gasteiger partial charge in [-0.1, -0.05) is 20.3 Å². The molecule has 0 fully saturated rings. The zero-order chi connectivity index (χ0) is 11.7. The Morgan fingerprint density at radius 2 is 1.67 bits per heavy atom. The number of hydrogen-bond donors (Lipinski definition) is 1. The molecule has 0 bridgehead atoms. The molecule has 0 aliphatic heterocycles. The SMILES string of the molecule is CCCC(O)C(CC)OCCOC(C)C. The van der Waals surface area contributed by atoms with Crippen molar-refractivity contribution in [1.29, 1.82) is 0 Å². The lowest BCUT2D eigenvalue weighted by atomic mass is 10.1. The van der Waals surface area contributed by atoms with Crippen molar-refractivity contribution < 1.29 is 14.6 Å². The number of aliphatic hydroxyl groups excluding tert-OH is 1. The number of hydrogen-bond acceptors (Lipinski definition) is 3. The molecular weight excluding hydrogens is 192 g/mol. The minimum absolute atomic E-state index is 0.0410. The second kappa shape index (κ2) is 9.13. The zero-order valence-corrected chi connectivity index (χ0v) is 10.5. The summed E-state index contributed by atoms with van der Waals surface area (Å²) in [5, 5.41) is 9.75. The van der Waals surface area contributed by atoms with E-state index < -0.39 is 0 Å². The van der Waals surface area contributed by atoms with Gasteiger partial charge in [0.25, 0.3) is 0 Å². The molecule has 0 rings (SSSR count). The minimum Gasteiger partial charge on any atom is -0.390 e. The van der Waals surface area contributed by atoms with Gasteiger partial charge in [0.1, 0.15) is 0 Å². The predicted molar refractivity (Wildman–Crippen MR) is 62.0 cm³/mol. The van der Waals surface area contributed by atoms with Crippen molar-refractivity contribution in [1.82, 2.24) is 0 Å². The van der Waals surface area contributed by atoms with Crippen LogP contribution in [0.2, 0.25) is 0 Å². The summed E-state index contributed by atoms with van der Waals surface area (Å²) in [5.41, 5.74) is 0. The summed E-state index contributed by atoms with van der Waals surface area (Å²) >= 11 is 0. The molecular formula is C12H26O3. The van der Waals surface area contributed by atoms with Crippen LogP contribution < -0.4 is 0 Å². The highest BCUT2D eigenvalue weighted by molar-refractivity contribution is 4.66. The van der Waals surface area contributed by atoms with Crippen LogP contribution >= 0.6 is 0 Å². The fourth-order valence-electron chi connectivity index (χ4n) is 1.47. The molecule has 0 spiro atoms. The maximum absolute atomic E-state index is 9.75. The van der Waals surface area contributed by atoms with Crippen molar-refractivity contribution in [2.75, 3.05) is 13.2 Å².